The third-order valence-electron chi connectivity index (χ3n) is 4.48. The van der Waals surface area contributed by atoms with Crippen LogP contribution in [-0.4, -0.2) is 49.7 Å². The van der Waals surface area contributed by atoms with Crippen molar-refractivity contribution in [1.29, 1.82) is 0 Å². The Morgan fingerprint density at radius 2 is 1.54 bits per heavy atom. The molecule has 1 aliphatic rings. The summed E-state index contributed by atoms with van der Waals surface area (Å²) in [7, 11) is -3.50. The van der Waals surface area contributed by atoms with Crippen molar-refractivity contribution in [2.24, 2.45) is 0 Å². The topological polar surface area (TPSA) is 57.7 Å². The van der Waals surface area contributed by atoms with Crippen molar-refractivity contribution < 1.29 is 17.6 Å². The summed E-state index contributed by atoms with van der Waals surface area (Å²) in [6, 6.07) is 12.8. The van der Waals surface area contributed by atoms with Gasteiger partial charge in [-0.1, -0.05) is 29.8 Å². The summed E-state index contributed by atoms with van der Waals surface area (Å²) in [6.07, 6.45) is 0. The lowest BCUT2D eigenvalue weighted by atomic mass is 10.1. The highest BCUT2D eigenvalue weighted by Gasteiger charge is 2.29. The first-order chi connectivity index (χ1) is 12.3. The average molecular weight is 376 g/mol. The standard InChI is InChI=1S/C19H21FN2O3S/c1-15-2-6-17(7-3-15)19(23)21-10-12-22(13-11-21)26(24,25)14-16-4-8-18(20)9-5-16/h2-9H,10-14H2,1H3. The molecular weight excluding hydrogens is 355 g/mol. The molecule has 0 radical (unpaired) electrons. The van der Waals surface area contributed by atoms with Crippen molar-refractivity contribution in [3.05, 3.63) is 71.0 Å². The van der Waals surface area contributed by atoms with Crippen LogP contribution in [0.15, 0.2) is 48.5 Å². The summed E-state index contributed by atoms with van der Waals surface area (Å²) in [6.45, 7) is 3.20. The SMILES string of the molecule is Cc1ccc(C(=O)N2CCN(S(=O)(=O)Cc3ccc(F)cc3)CC2)cc1. The smallest absolute Gasteiger partial charge is 0.253 e. The van der Waals surface area contributed by atoms with Crippen molar-refractivity contribution in [2.75, 3.05) is 26.2 Å². The van der Waals surface area contributed by atoms with Crippen LogP contribution in [0, 0.1) is 12.7 Å². The number of benzene rings is 2. The molecule has 7 heteroatoms. The molecule has 2 aromatic carbocycles. The van der Waals surface area contributed by atoms with Crippen molar-refractivity contribution >= 4 is 15.9 Å². The third kappa shape index (κ3) is 4.28. The molecule has 0 N–H and O–H groups in total. The first-order valence-electron chi connectivity index (χ1n) is 8.43. The zero-order chi connectivity index (χ0) is 18.7. The zero-order valence-corrected chi connectivity index (χ0v) is 15.4. The van der Waals surface area contributed by atoms with Crippen LogP contribution in [0.3, 0.4) is 0 Å². The molecule has 0 aliphatic carbocycles. The normalized spacial score (nSPS) is 15.8. The van der Waals surface area contributed by atoms with Gasteiger partial charge in [-0.15, -0.1) is 0 Å². The fraction of sp³-hybridized carbons (Fsp3) is 0.316. The second-order valence-electron chi connectivity index (χ2n) is 6.44. The second-order valence-corrected chi connectivity index (χ2v) is 8.41. The lowest BCUT2D eigenvalue weighted by Crippen LogP contribution is -2.50. The first-order valence-corrected chi connectivity index (χ1v) is 10.0. The second kappa shape index (κ2) is 7.55. The van der Waals surface area contributed by atoms with E-state index in [1.807, 2.05) is 19.1 Å². The zero-order valence-electron chi connectivity index (χ0n) is 14.6. The van der Waals surface area contributed by atoms with Gasteiger partial charge >= 0.3 is 0 Å². The molecule has 0 bridgehead atoms. The van der Waals surface area contributed by atoms with Crippen LogP contribution in [-0.2, 0) is 15.8 Å². The van der Waals surface area contributed by atoms with E-state index in [-0.39, 0.29) is 24.7 Å². The Labute approximate surface area is 153 Å². The number of aryl methyl sites for hydroxylation is 1. The molecule has 26 heavy (non-hydrogen) atoms. The van der Waals surface area contributed by atoms with E-state index in [1.54, 1.807) is 17.0 Å². The number of piperazine rings is 1. The molecule has 138 valence electrons. The predicted molar refractivity (Wildman–Crippen MR) is 97.7 cm³/mol. The van der Waals surface area contributed by atoms with E-state index in [1.165, 1.54) is 28.6 Å². The maximum absolute atomic E-state index is 13.0. The molecule has 5 nitrogen and oxygen atoms in total. The van der Waals surface area contributed by atoms with Gasteiger partial charge in [0.2, 0.25) is 10.0 Å². The minimum absolute atomic E-state index is 0.0828. The van der Waals surface area contributed by atoms with E-state index in [9.17, 15) is 17.6 Å². The molecule has 1 amide bonds. The summed E-state index contributed by atoms with van der Waals surface area (Å²) in [5.41, 5.74) is 2.24. The number of sulfonamides is 1. The van der Waals surface area contributed by atoms with Gasteiger partial charge in [-0.25, -0.2) is 12.8 Å². The van der Waals surface area contributed by atoms with E-state index in [0.717, 1.165) is 5.56 Å². The van der Waals surface area contributed by atoms with Crippen LogP contribution in [0.1, 0.15) is 21.5 Å². The summed E-state index contributed by atoms with van der Waals surface area (Å²) in [5, 5.41) is 0. The van der Waals surface area contributed by atoms with Crippen LogP contribution in [0.25, 0.3) is 0 Å². The fourth-order valence-electron chi connectivity index (χ4n) is 2.93. The number of hydrogen-bond acceptors (Lipinski definition) is 3. The molecule has 0 saturated carbocycles. The Hall–Kier alpha value is -2.25. The lowest BCUT2D eigenvalue weighted by molar-refractivity contribution is 0.0698. The first kappa shape index (κ1) is 18.5. The molecule has 2 aromatic rings. The van der Waals surface area contributed by atoms with Gasteiger partial charge in [0.25, 0.3) is 5.91 Å². The van der Waals surface area contributed by atoms with Gasteiger partial charge < -0.3 is 4.90 Å². The fourth-order valence-corrected chi connectivity index (χ4v) is 4.45. The predicted octanol–water partition coefficient (Wildman–Crippen LogP) is 2.42. The molecular formula is C19H21FN2O3S. The van der Waals surface area contributed by atoms with Gasteiger partial charge in [-0.05, 0) is 36.8 Å². The summed E-state index contributed by atoms with van der Waals surface area (Å²) in [4.78, 5) is 14.2. The highest BCUT2D eigenvalue weighted by molar-refractivity contribution is 7.88. The minimum atomic E-state index is -3.50. The van der Waals surface area contributed by atoms with Gasteiger partial charge in [0.05, 0.1) is 5.75 Å². The van der Waals surface area contributed by atoms with E-state index >= 15 is 0 Å². The molecule has 0 unspecified atom stereocenters. The molecule has 3 rings (SSSR count). The number of carbonyl (C=O) groups excluding carboxylic acids is 1. The van der Waals surface area contributed by atoms with Crippen molar-refractivity contribution in [2.45, 2.75) is 12.7 Å². The van der Waals surface area contributed by atoms with E-state index in [4.69, 9.17) is 0 Å². The van der Waals surface area contributed by atoms with Gasteiger partial charge in [-0.2, -0.15) is 4.31 Å². The Bertz CT molecular complexity index is 872. The number of carbonyl (C=O) groups is 1. The molecule has 0 atom stereocenters. The number of amides is 1. The van der Waals surface area contributed by atoms with Crippen LogP contribution in [0.4, 0.5) is 4.39 Å². The highest BCUT2D eigenvalue weighted by Crippen LogP contribution is 2.16. The van der Waals surface area contributed by atoms with Crippen molar-refractivity contribution in [1.82, 2.24) is 9.21 Å². The Morgan fingerprint density at radius 3 is 2.12 bits per heavy atom. The quantitative estimate of drug-likeness (QED) is 0.823. The maximum Gasteiger partial charge on any atom is 0.253 e. The van der Waals surface area contributed by atoms with E-state index in [0.29, 0.717) is 24.2 Å². The van der Waals surface area contributed by atoms with Gasteiger partial charge in [-0.3, -0.25) is 4.79 Å². The number of halogens is 1. The largest absolute Gasteiger partial charge is 0.336 e. The summed E-state index contributed by atoms with van der Waals surface area (Å²) in [5.74, 6) is -0.644. The van der Waals surface area contributed by atoms with Gasteiger partial charge in [0.15, 0.2) is 0 Å². The van der Waals surface area contributed by atoms with Crippen LogP contribution < -0.4 is 0 Å². The average Bonchev–Trinajstić information content (AvgIpc) is 2.64. The summed E-state index contributed by atoms with van der Waals surface area (Å²) < 4.78 is 39.5. The molecule has 1 fully saturated rings. The highest BCUT2D eigenvalue weighted by atomic mass is 32.2. The minimum Gasteiger partial charge on any atom is -0.336 e. The van der Waals surface area contributed by atoms with E-state index in [2.05, 4.69) is 0 Å². The van der Waals surface area contributed by atoms with Crippen LogP contribution >= 0.6 is 0 Å². The molecule has 0 spiro atoms. The molecule has 1 heterocycles. The molecule has 1 saturated heterocycles. The number of rotatable bonds is 4. The summed E-state index contributed by atoms with van der Waals surface area (Å²) >= 11 is 0. The lowest BCUT2D eigenvalue weighted by Gasteiger charge is -2.34. The molecule has 1 aliphatic heterocycles. The maximum atomic E-state index is 13.0. The van der Waals surface area contributed by atoms with Crippen LogP contribution in [0.2, 0.25) is 0 Å². The molecule has 0 aromatic heterocycles. The Morgan fingerprint density at radius 1 is 0.962 bits per heavy atom. The monoisotopic (exact) mass is 376 g/mol. The van der Waals surface area contributed by atoms with Crippen molar-refractivity contribution in [3.8, 4) is 0 Å². The van der Waals surface area contributed by atoms with Crippen molar-refractivity contribution in [3.63, 3.8) is 0 Å². The van der Waals surface area contributed by atoms with E-state index < -0.39 is 15.8 Å². The number of nitrogens with zero attached hydrogens (tertiary/aromatic N) is 2. The third-order valence-corrected chi connectivity index (χ3v) is 6.33. The number of hydrogen-bond donors (Lipinski definition) is 0. The van der Waals surface area contributed by atoms with Crippen LogP contribution in [0.5, 0.6) is 0 Å². The Balaban J connectivity index is 1.61. The Kier molecular flexibility index (Phi) is 5.38. The van der Waals surface area contributed by atoms with Gasteiger partial charge in [0, 0.05) is 31.7 Å². The van der Waals surface area contributed by atoms with Gasteiger partial charge in [0.1, 0.15) is 5.82 Å².